The number of ether oxygens (including phenoxy) is 2. The van der Waals surface area contributed by atoms with Gasteiger partial charge < -0.3 is 14.6 Å². The zero-order valence-electron chi connectivity index (χ0n) is 11.5. The zero-order chi connectivity index (χ0) is 13.3. The van der Waals surface area contributed by atoms with Crippen LogP contribution in [0.3, 0.4) is 0 Å². The summed E-state index contributed by atoms with van der Waals surface area (Å²) in [5, 5.41) is 10.7. The highest BCUT2D eigenvalue weighted by atomic mass is 16.5. The third kappa shape index (κ3) is 2.71. The largest absolute Gasteiger partial charge is 0.490 e. The Morgan fingerprint density at radius 3 is 2.58 bits per heavy atom. The lowest BCUT2D eigenvalue weighted by molar-refractivity contribution is 0.0159. The molecular formula is C16H22O3. The fraction of sp³-hybridized carbons (Fsp3) is 0.625. The maximum atomic E-state index is 10.7. The molecule has 0 amide bonds. The van der Waals surface area contributed by atoms with E-state index in [0.717, 1.165) is 29.9 Å². The van der Waals surface area contributed by atoms with Crippen molar-refractivity contribution in [3.8, 4) is 11.5 Å². The normalized spacial score (nSPS) is 22.2. The standard InChI is InChI=1S/C16H22O3/c1-16(17,11-12-4-2-5-12)13-6-7-14-15(10-13)19-9-3-8-18-14/h6-7,10,12,17H,2-5,8-9,11H2,1H3. The summed E-state index contributed by atoms with van der Waals surface area (Å²) in [6.45, 7) is 3.29. The van der Waals surface area contributed by atoms with Crippen LogP contribution in [-0.4, -0.2) is 18.3 Å². The van der Waals surface area contributed by atoms with Gasteiger partial charge in [-0.05, 0) is 37.0 Å². The smallest absolute Gasteiger partial charge is 0.161 e. The molecule has 0 aromatic heterocycles. The van der Waals surface area contributed by atoms with Crippen LogP contribution in [0.5, 0.6) is 11.5 Å². The van der Waals surface area contributed by atoms with Gasteiger partial charge in [0.15, 0.2) is 11.5 Å². The van der Waals surface area contributed by atoms with Crippen molar-refractivity contribution in [2.24, 2.45) is 5.92 Å². The number of fused-ring (bicyclic) bond motifs is 1. The van der Waals surface area contributed by atoms with Gasteiger partial charge in [-0.3, -0.25) is 0 Å². The first-order valence-electron chi connectivity index (χ1n) is 7.28. The van der Waals surface area contributed by atoms with Crippen LogP contribution in [-0.2, 0) is 5.60 Å². The van der Waals surface area contributed by atoms with Crippen LogP contribution in [0.4, 0.5) is 0 Å². The van der Waals surface area contributed by atoms with E-state index in [-0.39, 0.29) is 0 Å². The van der Waals surface area contributed by atoms with Gasteiger partial charge in [-0.2, -0.15) is 0 Å². The van der Waals surface area contributed by atoms with Crippen molar-refractivity contribution < 1.29 is 14.6 Å². The van der Waals surface area contributed by atoms with Gasteiger partial charge in [0.2, 0.25) is 0 Å². The lowest BCUT2D eigenvalue weighted by atomic mass is 9.76. The molecule has 3 nitrogen and oxygen atoms in total. The minimum Gasteiger partial charge on any atom is -0.490 e. The molecule has 19 heavy (non-hydrogen) atoms. The third-order valence-corrected chi connectivity index (χ3v) is 4.28. The molecule has 1 fully saturated rings. The monoisotopic (exact) mass is 262 g/mol. The minimum atomic E-state index is -0.768. The molecular weight excluding hydrogens is 240 g/mol. The number of aliphatic hydroxyl groups is 1. The fourth-order valence-electron chi connectivity index (χ4n) is 2.88. The summed E-state index contributed by atoms with van der Waals surface area (Å²) in [6, 6.07) is 5.83. The summed E-state index contributed by atoms with van der Waals surface area (Å²) < 4.78 is 11.3. The van der Waals surface area contributed by atoms with Gasteiger partial charge in [-0.25, -0.2) is 0 Å². The van der Waals surface area contributed by atoms with Crippen LogP contribution >= 0.6 is 0 Å². The molecule has 1 N–H and O–H groups in total. The quantitative estimate of drug-likeness (QED) is 0.908. The molecule has 0 radical (unpaired) electrons. The Hall–Kier alpha value is -1.22. The molecule has 1 aromatic carbocycles. The number of benzene rings is 1. The highest BCUT2D eigenvalue weighted by molar-refractivity contribution is 5.44. The molecule has 0 spiro atoms. The van der Waals surface area contributed by atoms with Crippen LogP contribution in [0.2, 0.25) is 0 Å². The summed E-state index contributed by atoms with van der Waals surface area (Å²) in [6.07, 6.45) is 5.55. The van der Waals surface area contributed by atoms with Crippen LogP contribution in [0.1, 0.15) is 44.6 Å². The van der Waals surface area contributed by atoms with E-state index in [4.69, 9.17) is 9.47 Å². The van der Waals surface area contributed by atoms with Crippen molar-refractivity contribution in [2.75, 3.05) is 13.2 Å². The first-order valence-corrected chi connectivity index (χ1v) is 7.28. The summed E-state index contributed by atoms with van der Waals surface area (Å²) >= 11 is 0. The van der Waals surface area contributed by atoms with E-state index in [1.165, 1.54) is 19.3 Å². The fourth-order valence-corrected chi connectivity index (χ4v) is 2.88. The molecule has 1 aliphatic heterocycles. The molecule has 1 aliphatic carbocycles. The van der Waals surface area contributed by atoms with Crippen molar-refractivity contribution in [1.82, 2.24) is 0 Å². The summed E-state index contributed by atoms with van der Waals surface area (Å²) in [5.41, 5.74) is 0.166. The molecule has 1 heterocycles. The van der Waals surface area contributed by atoms with Crippen molar-refractivity contribution in [1.29, 1.82) is 0 Å². The summed E-state index contributed by atoms with van der Waals surface area (Å²) in [7, 11) is 0. The lowest BCUT2D eigenvalue weighted by Crippen LogP contribution is -2.28. The average molecular weight is 262 g/mol. The number of hydrogen-bond acceptors (Lipinski definition) is 3. The molecule has 3 rings (SSSR count). The zero-order valence-corrected chi connectivity index (χ0v) is 11.5. The van der Waals surface area contributed by atoms with E-state index < -0.39 is 5.60 Å². The molecule has 1 unspecified atom stereocenters. The van der Waals surface area contributed by atoms with E-state index in [1.54, 1.807) is 0 Å². The summed E-state index contributed by atoms with van der Waals surface area (Å²) in [4.78, 5) is 0. The molecule has 0 saturated heterocycles. The Labute approximate surface area is 114 Å². The van der Waals surface area contributed by atoms with Crippen molar-refractivity contribution in [3.05, 3.63) is 23.8 Å². The molecule has 0 bridgehead atoms. The highest BCUT2D eigenvalue weighted by Crippen LogP contribution is 2.40. The molecule has 1 saturated carbocycles. The first-order chi connectivity index (χ1) is 9.15. The van der Waals surface area contributed by atoms with Gasteiger partial charge in [0, 0.05) is 6.42 Å². The van der Waals surface area contributed by atoms with Crippen molar-refractivity contribution in [2.45, 2.75) is 44.6 Å². The minimum absolute atomic E-state index is 0.672. The Morgan fingerprint density at radius 1 is 1.16 bits per heavy atom. The SMILES string of the molecule is CC(O)(CC1CCC1)c1ccc2c(c1)OCCCO2. The summed E-state index contributed by atoms with van der Waals surface area (Å²) in [5.74, 6) is 2.23. The Balaban J connectivity index is 1.81. The van der Waals surface area contributed by atoms with Gasteiger partial charge >= 0.3 is 0 Å². The van der Waals surface area contributed by atoms with E-state index in [2.05, 4.69) is 0 Å². The van der Waals surface area contributed by atoms with Gasteiger partial charge in [-0.1, -0.05) is 25.3 Å². The van der Waals surface area contributed by atoms with E-state index in [1.807, 2.05) is 25.1 Å². The highest BCUT2D eigenvalue weighted by Gasteiger charge is 2.31. The molecule has 3 heteroatoms. The van der Waals surface area contributed by atoms with Crippen LogP contribution in [0.15, 0.2) is 18.2 Å². The van der Waals surface area contributed by atoms with E-state index >= 15 is 0 Å². The number of rotatable bonds is 3. The lowest BCUT2D eigenvalue weighted by Gasteiger charge is -2.34. The van der Waals surface area contributed by atoms with Crippen molar-refractivity contribution >= 4 is 0 Å². The predicted octanol–water partition coefficient (Wildman–Crippen LogP) is 3.25. The van der Waals surface area contributed by atoms with Crippen molar-refractivity contribution in [3.63, 3.8) is 0 Å². The molecule has 104 valence electrons. The Kier molecular flexibility index (Phi) is 3.40. The third-order valence-electron chi connectivity index (χ3n) is 4.28. The number of hydrogen-bond donors (Lipinski definition) is 1. The van der Waals surface area contributed by atoms with Crippen LogP contribution in [0, 0.1) is 5.92 Å². The van der Waals surface area contributed by atoms with Crippen LogP contribution < -0.4 is 9.47 Å². The van der Waals surface area contributed by atoms with Gasteiger partial charge in [0.1, 0.15) is 0 Å². The van der Waals surface area contributed by atoms with E-state index in [0.29, 0.717) is 19.1 Å². The Bertz CT molecular complexity index is 449. The maximum absolute atomic E-state index is 10.7. The van der Waals surface area contributed by atoms with Gasteiger partial charge in [0.25, 0.3) is 0 Å². The second kappa shape index (κ2) is 5.04. The second-order valence-corrected chi connectivity index (χ2v) is 5.99. The van der Waals surface area contributed by atoms with Gasteiger partial charge in [0.05, 0.1) is 18.8 Å². The maximum Gasteiger partial charge on any atom is 0.161 e. The van der Waals surface area contributed by atoms with E-state index in [9.17, 15) is 5.11 Å². The van der Waals surface area contributed by atoms with Gasteiger partial charge in [-0.15, -0.1) is 0 Å². The topological polar surface area (TPSA) is 38.7 Å². The Morgan fingerprint density at radius 2 is 1.89 bits per heavy atom. The first kappa shape index (κ1) is 12.8. The second-order valence-electron chi connectivity index (χ2n) is 5.99. The molecule has 2 aliphatic rings. The molecule has 1 atom stereocenters. The van der Waals surface area contributed by atoms with Crippen LogP contribution in [0.25, 0.3) is 0 Å². The predicted molar refractivity (Wildman–Crippen MR) is 73.6 cm³/mol. The average Bonchev–Trinajstić information content (AvgIpc) is 2.58. The molecule has 1 aromatic rings.